The van der Waals surface area contributed by atoms with Gasteiger partial charge in [-0.15, -0.1) is 23.1 Å². The number of aryl methyl sites for hydroxylation is 1. The van der Waals surface area contributed by atoms with Gasteiger partial charge in [-0.2, -0.15) is 0 Å². The molecule has 2 nitrogen and oxygen atoms in total. The standard InChI is InChI=1S/C14H18N2S2/c1-10-8-18-14(16-10)9-17-13-6-4-12(5-7-13)11(2)15-3/h4-8,11,15H,9H2,1-3H3. The normalized spacial score (nSPS) is 12.6. The summed E-state index contributed by atoms with van der Waals surface area (Å²) in [7, 11) is 1.98. The smallest absolute Gasteiger partial charge is 0.103 e. The molecule has 1 aromatic heterocycles. The van der Waals surface area contributed by atoms with E-state index in [9.17, 15) is 0 Å². The summed E-state index contributed by atoms with van der Waals surface area (Å²) in [4.78, 5) is 5.77. The Morgan fingerprint density at radius 2 is 2.06 bits per heavy atom. The summed E-state index contributed by atoms with van der Waals surface area (Å²) >= 11 is 3.58. The van der Waals surface area contributed by atoms with Crippen molar-refractivity contribution in [3.63, 3.8) is 0 Å². The predicted octanol–water partition coefficient (Wildman–Crippen LogP) is 4.02. The van der Waals surface area contributed by atoms with E-state index in [4.69, 9.17) is 0 Å². The molecule has 96 valence electrons. The second-order valence-corrected chi connectivity index (χ2v) is 6.24. The Morgan fingerprint density at radius 3 is 2.61 bits per heavy atom. The third-order valence-electron chi connectivity index (χ3n) is 2.84. The van der Waals surface area contributed by atoms with Crippen LogP contribution in [0.1, 0.15) is 29.2 Å². The van der Waals surface area contributed by atoms with E-state index in [-0.39, 0.29) is 0 Å². The van der Waals surface area contributed by atoms with Gasteiger partial charge in [-0.05, 0) is 38.6 Å². The van der Waals surface area contributed by atoms with Crippen molar-refractivity contribution in [3.05, 3.63) is 45.9 Å². The molecule has 0 bridgehead atoms. The van der Waals surface area contributed by atoms with E-state index in [1.54, 1.807) is 11.3 Å². The van der Waals surface area contributed by atoms with E-state index in [0.29, 0.717) is 6.04 Å². The average Bonchev–Trinajstić information content (AvgIpc) is 2.82. The molecule has 1 aromatic carbocycles. The minimum absolute atomic E-state index is 0.408. The first-order valence-electron chi connectivity index (χ1n) is 6.00. The number of rotatable bonds is 5. The Kier molecular flexibility index (Phi) is 4.80. The summed E-state index contributed by atoms with van der Waals surface area (Å²) in [5.41, 5.74) is 2.45. The van der Waals surface area contributed by atoms with Crippen LogP contribution in [0.4, 0.5) is 0 Å². The van der Waals surface area contributed by atoms with E-state index in [0.717, 1.165) is 11.4 Å². The summed E-state index contributed by atoms with van der Waals surface area (Å²) in [5, 5.41) is 6.55. The first kappa shape index (κ1) is 13.6. The van der Waals surface area contributed by atoms with Gasteiger partial charge in [0.05, 0.1) is 5.75 Å². The Hall–Kier alpha value is -0.840. The molecule has 0 aliphatic rings. The maximum absolute atomic E-state index is 4.47. The highest BCUT2D eigenvalue weighted by Gasteiger charge is 2.03. The molecule has 2 aromatic rings. The van der Waals surface area contributed by atoms with Gasteiger partial charge in [0.15, 0.2) is 0 Å². The molecule has 0 amide bonds. The molecule has 0 spiro atoms. The minimum Gasteiger partial charge on any atom is -0.313 e. The predicted molar refractivity (Wildman–Crippen MR) is 80.3 cm³/mol. The van der Waals surface area contributed by atoms with Crippen LogP contribution in [0, 0.1) is 6.92 Å². The van der Waals surface area contributed by atoms with Gasteiger partial charge in [0, 0.05) is 22.0 Å². The number of hydrogen-bond acceptors (Lipinski definition) is 4. The summed E-state index contributed by atoms with van der Waals surface area (Å²) in [6.07, 6.45) is 0. The maximum Gasteiger partial charge on any atom is 0.103 e. The van der Waals surface area contributed by atoms with Crippen molar-refractivity contribution in [1.29, 1.82) is 0 Å². The van der Waals surface area contributed by atoms with Crippen LogP contribution in [-0.4, -0.2) is 12.0 Å². The lowest BCUT2D eigenvalue weighted by atomic mass is 10.1. The van der Waals surface area contributed by atoms with Gasteiger partial charge >= 0.3 is 0 Å². The zero-order valence-electron chi connectivity index (χ0n) is 10.9. The molecule has 0 aliphatic carbocycles. The molecule has 1 N–H and O–H groups in total. The average molecular weight is 278 g/mol. The van der Waals surface area contributed by atoms with Crippen LogP contribution in [0.2, 0.25) is 0 Å². The molecule has 0 saturated heterocycles. The molecule has 18 heavy (non-hydrogen) atoms. The third-order valence-corrected chi connectivity index (χ3v) is 5.01. The molecule has 0 fully saturated rings. The van der Waals surface area contributed by atoms with Crippen molar-refractivity contribution in [2.75, 3.05) is 7.05 Å². The van der Waals surface area contributed by atoms with Crippen molar-refractivity contribution >= 4 is 23.1 Å². The zero-order valence-corrected chi connectivity index (χ0v) is 12.6. The minimum atomic E-state index is 0.408. The number of thioether (sulfide) groups is 1. The molecular formula is C14H18N2S2. The highest BCUT2D eigenvalue weighted by atomic mass is 32.2. The number of nitrogens with one attached hydrogen (secondary N) is 1. The van der Waals surface area contributed by atoms with Gasteiger partial charge in [0.25, 0.3) is 0 Å². The monoisotopic (exact) mass is 278 g/mol. The molecule has 0 saturated carbocycles. The quantitative estimate of drug-likeness (QED) is 0.836. The van der Waals surface area contributed by atoms with Gasteiger partial charge in [-0.3, -0.25) is 0 Å². The van der Waals surface area contributed by atoms with Crippen LogP contribution in [0.5, 0.6) is 0 Å². The van der Waals surface area contributed by atoms with Crippen molar-refractivity contribution in [2.24, 2.45) is 0 Å². The van der Waals surface area contributed by atoms with Crippen LogP contribution in [-0.2, 0) is 5.75 Å². The molecule has 0 aliphatic heterocycles. The number of hydrogen-bond donors (Lipinski definition) is 1. The summed E-state index contributed by atoms with van der Waals surface area (Å²) in [6, 6.07) is 9.17. The molecular weight excluding hydrogens is 260 g/mol. The van der Waals surface area contributed by atoms with Crippen LogP contribution >= 0.6 is 23.1 Å². The Bertz CT molecular complexity index is 491. The summed E-state index contributed by atoms with van der Waals surface area (Å²) in [6.45, 7) is 4.21. The first-order valence-corrected chi connectivity index (χ1v) is 7.86. The number of benzene rings is 1. The lowest BCUT2D eigenvalue weighted by molar-refractivity contribution is 0.652. The van der Waals surface area contributed by atoms with E-state index in [1.807, 2.05) is 25.7 Å². The van der Waals surface area contributed by atoms with E-state index < -0.39 is 0 Å². The Labute approximate surface area is 117 Å². The van der Waals surface area contributed by atoms with Gasteiger partial charge in [-0.25, -0.2) is 4.98 Å². The van der Waals surface area contributed by atoms with Crippen molar-refractivity contribution in [1.82, 2.24) is 10.3 Å². The van der Waals surface area contributed by atoms with E-state index in [1.165, 1.54) is 15.5 Å². The largest absolute Gasteiger partial charge is 0.313 e. The fourth-order valence-electron chi connectivity index (χ4n) is 1.63. The fraction of sp³-hybridized carbons (Fsp3) is 0.357. The van der Waals surface area contributed by atoms with Gasteiger partial charge < -0.3 is 5.32 Å². The lowest BCUT2D eigenvalue weighted by Gasteiger charge is -2.10. The van der Waals surface area contributed by atoms with Crippen LogP contribution in [0.15, 0.2) is 34.5 Å². The van der Waals surface area contributed by atoms with Gasteiger partial charge in [0.2, 0.25) is 0 Å². The topological polar surface area (TPSA) is 24.9 Å². The summed E-state index contributed by atoms with van der Waals surface area (Å²) < 4.78 is 0. The molecule has 0 radical (unpaired) electrons. The highest BCUT2D eigenvalue weighted by molar-refractivity contribution is 7.98. The zero-order chi connectivity index (χ0) is 13.0. The van der Waals surface area contributed by atoms with Crippen molar-refractivity contribution < 1.29 is 0 Å². The van der Waals surface area contributed by atoms with Crippen molar-refractivity contribution in [3.8, 4) is 0 Å². The maximum atomic E-state index is 4.47. The first-order chi connectivity index (χ1) is 8.69. The van der Waals surface area contributed by atoms with Gasteiger partial charge in [-0.1, -0.05) is 12.1 Å². The lowest BCUT2D eigenvalue weighted by Crippen LogP contribution is -2.11. The molecule has 1 heterocycles. The van der Waals surface area contributed by atoms with E-state index >= 15 is 0 Å². The Balaban J connectivity index is 1.94. The summed E-state index contributed by atoms with van der Waals surface area (Å²) in [5.74, 6) is 0.958. The van der Waals surface area contributed by atoms with Crippen LogP contribution in [0.3, 0.4) is 0 Å². The van der Waals surface area contributed by atoms with Crippen molar-refractivity contribution in [2.45, 2.75) is 30.5 Å². The highest BCUT2D eigenvalue weighted by Crippen LogP contribution is 2.25. The molecule has 2 rings (SSSR count). The van der Waals surface area contributed by atoms with Crippen LogP contribution in [0.25, 0.3) is 0 Å². The molecule has 1 unspecified atom stereocenters. The molecule has 4 heteroatoms. The van der Waals surface area contributed by atoms with Gasteiger partial charge in [0.1, 0.15) is 5.01 Å². The second-order valence-electron chi connectivity index (χ2n) is 4.25. The second kappa shape index (κ2) is 6.36. The van der Waals surface area contributed by atoms with E-state index in [2.05, 4.69) is 46.9 Å². The van der Waals surface area contributed by atoms with Crippen LogP contribution < -0.4 is 5.32 Å². The number of nitrogens with zero attached hydrogens (tertiary/aromatic N) is 1. The Morgan fingerprint density at radius 1 is 1.33 bits per heavy atom. The SMILES string of the molecule is CNC(C)c1ccc(SCc2nc(C)cs2)cc1. The molecule has 1 atom stereocenters. The number of aromatic nitrogens is 1. The third kappa shape index (κ3) is 3.57. The number of thiazole rings is 1. The fourth-order valence-corrected chi connectivity index (χ4v) is 3.32.